The first-order chi connectivity index (χ1) is 9.81. The van der Waals surface area contributed by atoms with Gasteiger partial charge in [0.15, 0.2) is 0 Å². The number of benzene rings is 1. The van der Waals surface area contributed by atoms with E-state index < -0.39 is 29.8 Å². The molecule has 2 N–H and O–H groups in total. The van der Waals surface area contributed by atoms with Crippen molar-refractivity contribution in [3.8, 4) is 0 Å². The van der Waals surface area contributed by atoms with Crippen molar-refractivity contribution in [2.45, 2.75) is 19.4 Å². The summed E-state index contributed by atoms with van der Waals surface area (Å²) in [5, 5.41) is 11.5. The van der Waals surface area contributed by atoms with Gasteiger partial charge in [0.05, 0.1) is 21.7 Å². The molecule has 5 nitrogen and oxygen atoms in total. The van der Waals surface area contributed by atoms with Crippen LogP contribution in [0.25, 0.3) is 0 Å². The summed E-state index contributed by atoms with van der Waals surface area (Å²) in [6.07, 6.45) is 0.384. The largest absolute Gasteiger partial charge is 0.481 e. The monoisotopic (exact) mass is 334 g/mol. The number of rotatable bonds is 2. The molecule has 1 aromatic carbocycles. The van der Waals surface area contributed by atoms with Gasteiger partial charge in [0.2, 0.25) is 0 Å². The first kappa shape index (κ1) is 15.9. The van der Waals surface area contributed by atoms with Crippen LogP contribution in [0.1, 0.15) is 13.3 Å². The zero-order valence-electron chi connectivity index (χ0n) is 11.1. The van der Waals surface area contributed by atoms with Crippen molar-refractivity contribution < 1.29 is 19.1 Å². The lowest BCUT2D eigenvalue weighted by Gasteiger charge is -2.24. The van der Waals surface area contributed by atoms with Crippen LogP contribution >= 0.6 is 23.2 Å². The minimum absolute atomic E-state index is 0.0185. The van der Waals surface area contributed by atoms with E-state index in [-0.39, 0.29) is 15.7 Å². The standard InChI is InChI=1S/C13H13Cl2FN2O3/c1-6-8(12(19)20)2-3-18(6)13(21)17-11-9(14)4-7(16)5-10(11)15/h4-6,8H,2-3H2,1H3,(H,17,21)(H,19,20). The summed E-state index contributed by atoms with van der Waals surface area (Å²) in [4.78, 5) is 24.6. The van der Waals surface area contributed by atoms with Gasteiger partial charge in [-0.05, 0) is 25.5 Å². The van der Waals surface area contributed by atoms with Crippen LogP contribution in [0.5, 0.6) is 0 Å². The third kappa shape index (κ3) is 3.22. The third-order valence-corrected chi connectivity index (χ3v) is 4.17. The average molecular weight is 335 g/mol. The molecule has 1 aromatic rings. The number of amides is 2. The number of aliphatic carboxylic acids is 1. The van der Waals surface area contributed by atoms with Crippen LogP contribution in [-0.2, 0) is 4.79 Å². The quantitative estimate of drug-likeness (QED) is 0.870. The highest BCUT2D eigenvalue weighted by Crippen LogP contribution is 2.32. The molecule has 1 saturated heterocycles. The summed E-state index contributed by atoms with van der Waals surface area (Å²) >= 11 is 11.7. The average Bonchev–Trinajstić information content (AvgIpc) is 2.75. The van der Waals surface area contributed by atoms with Crippen LogP contribution in [-0.4, -0.2) is 34.6 Å². The predicted octanol–water partition coefficient (Wildman–Crippen LogP) is 3.46. The molecule has 1 aliphatic heterocycles. The van der Waals surface area contributed by atoms with Gasteiger partial charge in [0, 0.05) is 12.6 Å². The van der Waals surface area contributed by atoms with Gasteiger partial charge in [-0.1, -0.05) is 23.2 Å². The summed E-state index contributed by atoms with van der Waals surface area (Å²) in [7, 11) is 0. The molecule has 114 valence electrons. The Morgan fingerprint density at radius 3 is 2.43 bits per heavy atom. The van der Waals surface area contributed by atoms with Gasteiger partial charge in [-0.25, -0.2) is 9.18 Å². The van der Waals surface area contributed by atoms with Gasteiger partial charge < -0.3 is 15.3 Å². The maximum absolute atomic E-state index is 13.1. The second kappa shape index (κ2) is 6.07. The van der Waals surface area contributed by atoms with Crippen LogP contribution < -0.4 is 5.32 Å². The number of hydrogen-bond acceptors (Lipinski definition) is 2. The van der Waals surface area contributed by atoms with Crippen molar-refractivity contribution in [1.82, 2.24) is 4.90 Å². The van der Waals surface area contributed by atoms with E-state index in [2.05, 4.69) is 5.32 Å². The van der Waals surface area contributed by atoms with E-state index in [0.717, 1.165) is 12.1 Å². The molecule has 1 aliphatic rings. The first-order valence-electron chi connectivity index (χ1n) is 6.26. The number of likely N-dealkylation sites (tertiary alicyclic amines) is 1. The Morgan fingerprint density at radius 2 is 1.95 bits per heavy atom. The molecule has 0 radical (unpaired) electrons. The van der Waals surface area contributed by atoms with Gasteiger partial charge in [0.25, 0.3) is 0 Å². The smallest absolute Gasteiger partial charge is 0.322 e. The van der Waals surface area contributed by atoms with Crippen molar-refractivity contribution in [2.75, 3.05) is 11.9 Å². The molecule has 0 saturated carbocycles. The van der Waals surface area contributed by atoms with Crippen molar-refractivity contribution in [3.05, 3.63) is 28.0 Å². The Morgan fingerprint density at radius 1 is 1.38 bits per heavy atom. The van der Waals surface area contributed by atoms with Gasteiger partial charge >= 0.3 is 12.0 Å². The molecule has 1 heterocycles. The maximum atomic E-state index is 13.1. The molecule has 8 heteroatoms. The van der Waals surface area contributed by atoms with E-state index in [1.165, 1.54) is 4.90 Å². The molecule has 21 heavy (non-hydrogen) atoms. The van der Waals surface area contributed by atoms with Crippen molar-refractivity contribution in [1.29, 1.82) is 0 Å². The normalized spacial score (nSPS) is 21.4. The van der Waals surface area contributed by atoms with E-state index in [1.807, 2.05) is 0 Å². The molecule has 2 amide bonds. The van der Waals surface area contributed by atoms with Crippen LogP contribution in [0.3, 0.4) is 0 Å². The Hall–Kier alpha value is -1.53. The highest BCUT2D eigenvalue weighted by Gasteiger charge is 2.38. The van der Waals surface area contributed by atoms with E-state index in [0.29, 0.717) is 13.0 Å². The number of anilines is 1. The topological polar surface area (TPSA) is 69.6 Å². The second-order valence-corrected chi connectivity index (χ2v) is 5.66. The summed E-state index contributed by atoms with van der Waals surface area (Å²) in [6.45, 7) is 1.99. The van der Waals surface area contributed by atoms with Crippen LogP contribution in [0.2, 0.25) is 10.0 Å². The van der Waals surface area contributed by atoms with Crippen molar-refractivity contribution in [3.63, 3.8) is 0 Å². The van der Waals surface area contributed by atoms with Gasteiger partial charge in [0.1, 0.15) is 5.82 Å². The third-order valence-electron chi connectivity index (χ3n) is 3.57. The molecule has 0 aliphatic carbocycles. The number of hydrogen-bond donors (Lipinski definition) is 2. The van der Waals surface area contributed by atoms with E-state index in [1.54, 1.807) is 6.92 Å². The van der Waals surface area contributed by atoms with E-state index >= 15 is 0 Å². The van der Waals surface area contributed by atoms with Gasteiger partial charge in [-0.2, -0.15) is 0 Å². The van der Waals surface area contributed by atoms with Crippen LogP contribution in [0.15, 0.2) is 12.1 Å². The number of carboxylic acids is 1. The zero-order valence-corrected chi connectivity index (χ0v) is 12.6. The summed E-state index contributed by atoms with van der Waals surface area (Å²) in [5.74, 6) is -2.14. The fourth-order valence-electron chi connectivity index (χ4n) is 2.40. The predicted molar refractivity (Wildman–Crippen MR) is 77.3 cm³/mol. The molecule has 2 atom stereocenters. The Labute approximate surface area is 130 Å². The molecule has 0 aromatic heterocycles. The molecular weight excluding hydrogens is 322 g/mol. The van der Waals surface area contributed by atoms with Crippen molar-refractivity contribution in [2.24, 2.45) is 5.92 Å². The van der Waals surface area contributed by atoms with Gasteiger partial charge in [-0.3, -0.25) is 4.79 Å². The molecule has 0 spiro atoms. The molecular formula is C13H13Cl2FN2O3. The minimum Gasteiger partial charge on any atom is -0.481 e. The number of urea groups is 1. The zero-order chi connectivity index (χ0) is 15.7. The Kier molecular flexibility index (Phi) is 4.58. The Bertz CT molecular complexity index is 574. The SMILES string of the molecule is CC1C(C(=O)O)CCN1C(=O)Nc1c(Cl)cc(F)cc1Cl. The fourth-order valence-corrected chi connectivity index (χ4v) is 2.95. The minimum atomic E-state index is -0.935. The second-order valence-electron chi connectivity index (χ2n) is 4.84. The summed E-state index contributed by atoms with van der Waals surface area (Å²) < 4.78 is 13.1. The summed E-state index contributed by atoms with van der Waals surface area (Å²) in [5.41, 5.74) is 0.107. The Balaban J connectivity index is 2.15. The van der Waals surface area contributed by atoms with E-state index in [4.69, 9.17) is 28.3 Å². The lowest BCUT2D eigenvalue weighted by atomic mass is 10.0. The number of carbonyl (C=O) groups excluding carboxylic acids is 1. The number of nitrogens with zero attached hydrogens (tertiary/aromatic N) is 1. The number of carbonyl (C=O) groups is 2. The highest BCUT2D eigenvalue weighted by molar-refractivity contribution is 6.39. The van der Waals surface area contributed by atoms with E-state index in [9.17, 15) is 14.0 Å². The number of halogens is 3. The number of carboxylic acid groups (broad SMARTS) is 1. The molecule has 2 unspecified atom stereocenters. The molecule has 2 rings (SSSR count). The maximum Gasteiger partial charge on any atom is 0.322 e. The summed E-state index contributed by atoms with van der Waals surface area (Å²) in [6, 6.07) is 1.12. The fraction of sp³-hybridized carbons (Fsp3) is 0.385. The first-order valence-corrected chi connectivity index (χ1v) is 7.02. The van der Waals surface area contributed by atoms with Crippen LogP contribution in [0, 0.1) is 11.7 Å². The lowest BCUT2D eigenvalue weighted by Crippen LogP contribution is -2.40. The van der Waals surface area contributed by atoms with Crippen molar-refractivity contribution >= 4 is 40.9 Å². The molecule has 0 bridgehead atoms. The molecule has 1 fully saturated rings. The number of nitrogens with one attached hydrogen (secondary N) is 1. The van der Waals surface area contributed by atoms with Gasteiger partial charge in [-0.15, -0.1) is 0 Å². The highest BCUT2D eigenvalue weighted by atomic mass is 35.5. The lowest BCUT2D eigenvalue weighted by molar-refractivity contribution is -0.142. The van der Waals surface area contributed by atoms with Crippen LogP contribution in [0.4, 0.5) is 14.9 Å².